The fourth-order valence-electron chi connectivity index (χ4n) is 2.51. The van der Waals surface area contributed by atoms with Crippen LogP contribution in [0.2, 0.25) is 5.02 Å². The molecular formula is C18H27ClN2O5S. The summed E-state index contributed by atoms with van der Waals surface area (Å²) < 4.78 is 27.6. The molecule has 1 rings (SSSR count). The molecule has 7 nitrogen and oxygen atoms in total. The summed E-state index contributed by atoms with van der Waals surface area (Å²) in [6.07, 6.45) is 0.478. The van der Waals surface area contributed by atoms with E-state index in [1.54, 1.807) is 0 Å². The van der Waals surface area contributed by atoms with Crippen LogP contribution >= 0.6 is 11.6 Å². The Labute approximate surface area is 165 Å². The van der Waals surface area contributed by atoms with Crippen LogP contribution in [-0.2, 0) is 19.6 Å². The number of nitrogens with one attached hydrogen (secondary N) is 2. The minimum absolute atomic E-state index is 0.0158. The number of carbonyl (C=O) groups is 2. The van der Waals surface area contributed by atoms with E-state index in [0.717, 1.165) is 0 Å². The molecule has 3 N–H and O–H groups in total. The summed E-state index contributed by atoms with van der Waals surface area (Å²) >= 11 is 5.78. The molecule has 0 unspecified atom stereocenters. The fraction of sp³-hybridized carbons (Fsp3) is 0.556. The molecule has 0 bridgehead atoms. The third kappa shape index (κ3) is 7.86. The molecule has 152 valence electrons. The number of rotatable bonds is 10. The maximum Gasteiger partial charge on any atom is 0.326 e. The molecule has 0 aliphatic heterocycles. The predicted molar refractivity (Wildman–Crippen MR) is 104 cm³/mol. The summed E-state index contributed by atoms with van der Waals surface area (Å²) in [5.41, 5.74) is 0. The predicted octanol–water partition coefficient (Wildman–Crippen LogP) is 2.65. The molecular weight excluding hydrogens is 392 g/mol. The standard InChI is InChI=1S/C18H27ClN2O5S/c1-11(2)9-15(17(22)20-16(18(23)24)10-12(3)4)21-27(25,26)14-7-5-13(19)6-8-14/h5-8,11-12,15-16,21H,9-10H2,1-4H3,(H,20,22)(H,23,24)/t15-,16-/m0/s1. The Bertz CT molecular complexity index is 748. The first-order valence-electron chi connectivity index (χ1n) is 8.73. The maximum atomic E-state index is 12.6. The Morgan fingerprint density at radius 1 is 1.00 bits per heavy atom. The summed E-state index contributed by atoms with van der Waals surface area (Å²) in [7, 11) is -3.96. The van der Waals surface area contributed by atoms with Crippen LogP contribution in [0.25, 0.3) is 0 Å². The lowest BCUT2D eigenvalue weighted by Crippen LogP contribution is -2.52. The second kappa shape index (κ2) is 10.1. The summed E-state index contributed by atoms with van der Waals surface area (Å²) in [5.74, 6) is -1.74. The molecule has 9 heteroatoms. The third-order valence-electron chi connectivity index (χ3n) is 3.77. The monoisotopic (exact) mass is 418 g/mol. The first-order chi connectivity index (χ1) is 12.4. The van der Waals surface area contributed by atoms with E-state index >= 15 is 0 Å². The first kappa shape index (κ1) is 23.4. The molecule has 1 amide bonds. The van der Waals surface area contributed by atoms with Crippen LogP contribution in [0.5, 0.6) is 0 Å². The summed E-state index contributed by atoms with van der Waals surface area (Å²) in [6.45, 7) is 7.38. The van der Waals surface area contributed by atoms with Crippen molar-refractivity contribution < 1.29 is 23.1 Å². The summed E-state index contributed by atoms with van der Waals surface area (Å²) in [5, 5.41) is 12.1. The molecule has 2 atom stereocenters. The number of benzene rings is 1. The van der Waals surface area contributed by atoms with Crippen molar-refractivity contribution in [2.75, 3.05) is 0 Å². The second-order valence-corrected chi connectivity index (χ2v) is 9.44. The van der Waals surface area contributed by atoms with Crippen molar-refractivity contribution >= 4 is 33.5 Å². The average Bonchev–Trinajstić information content (AvgIpc) is 2.52. The lowest BCUT2D eigenvalue weighted by molar-refractivity contribution is -0.142. The Morgan fingerprint density at radius 2 is 1.48 bits per heavy atom. The van der Waals surface area contributed by atoms with Crippen molar-refractivity contribution in [3.63, 3.8) is 0 Å². The summed E-state index contributed by atoms with van der Waals surface area (Å²) in [6, 6.07) is 3.40. The Hall–Kier alpha value is -1.64. The van der Waals surface area contributed by atoms with Gasteiger partial charge in [-0.1, -0.05) is 39.3 Å². The van der Waals surface area contributed by atoms with Gasteiger partial charge in [-0.05, 0) is 48.9 Å². The topological polar surface area (TPSA) is 113 Å². The largest absolute Gasteiger partial charge is 0.480 e. The van der Waals surface area contributed by atoms with Gasteiger partial charge in [-0.15, -0.1) is 0 Å². The number of sulfonamides is 1. The lowest BCUT2D eigenvalue weighted by Gasteiger charge is -2.23. The van der Waals surface area contributed by atoms with Gasteiger partial charge in [0.05, 0.1) is 4.90 Å². The second-order valence-electron chi connectivity index (χ2n) is 7.29. The number of carboxylic acids is 1. The molecule has 0 spiro atoms. The van der Waals surface area contributed by atoms with Gasteiger partial charge in [0.15, 0.2) is 0 Å². The van der Waals surface area contributed by atoms with Crippen molar-refractivity contribution in [2.24, 2.45) is 11.8 Å². The molecule has 0 heterocycles. The van der Waals surface area contributed by atoms with Crippen molar-refractivity contribution in [2.45, 2.75) is 57.5 Å². The van der Waals surface area contributed by atoms with Crippen molar-refractivity contribution in [3.05, 3.63) is 29.3 Å². The van der Waals surface area contributed by atoms with Gasteiger partial charge in [0.2, 0.25) is 15.9 Å². The van der Waals surface area contributed by atoms with Crippen LogP contribution in [0.4, 0.5) is 0 Å². The van der Waals surface area contributed by atoms with E-state index in [0.29, 0.717) is 5.02 Å². The Kier molecular flexibility index (Phi) is 8.71. The smallest absolute Gasteiger partial charge is 0.326 e. The number of hydrogen-bond donors (Lipinski definition) is 3. The first-order valence-corrected chi connectivity index (χ1v) is 10.6. The highest BCUT2D eigenvalue weighted by molar-refractivity contribution is 7.89. The number of hydrogen-bond acceptors (Lipinski definition) is 4. The van der Waals surface area contributed by atoms with Gasteiger partial charge >= 0.3 is 5.97 Å². The molecule has 0 saturated carbocycles. The number of halogens is 1. The van der Waals surface area contributed by atoms with E-state index in [-0.39, 0.29) is 29.6 Å². The molecule has 0 fully saturated rings. The molecule has 0 aromatic heterocycles. The lowest BCUT2D eigenvalue weighted by atomic mass is 10.0. The molecule has 0 aliphatic carbocycles. The van der Waals surface area contributed by atoms with Crippen LogP contribution in [-0.4, -0.2) is 37.5 Å². The SMILES string of the molecule is CC(C)C[C@H](NC(=O)[C@H](CC(C)C)NS(=O)(=O)c1ccc(Cl)cc1)C(=O)O. The number of aliphatic carboxylic acids is 1. The van der Waals surface area contributed by atoms with Gasteiger partial charge in [-0.3, -0.25) is 4.79 Å². The van der Waals surface area contributed by atoms with Crippen LogP contribution in [0, 0.1) is 11.8 Å². The van der Waals surface area contributed by atoms with E-state index in [9.17, 15) is 23.1 Å². The highest BCUT2D eigenvalue weighted by atomic mass is 35.5. The van der Waals surface area contributed by atoms with Gasteiger partial charge < -0.3 is 10.4 Å². The molecule has 1 aromatic carbocycles. The Balaban J connectivity index is 3.01. The van der Waals surface area contributed by atoms with Gasteiger partial charge in [0.25, 0.3) is 0 Å². The highest BCUT2D eigenvalue weighted by Crippen LogP contribution is 2.16. The maximum absolute atomic E-state index is 12.6. The minimum Gasteiger partial charge on any atom is -0.480 e. The average molecular weight is 419 g/mol. The third-order valence-corrected chi connectivity index (χ3v) is 5.51. The van der Waals surface area contributed by atoms with Crippen molar-refractivity contribution in [1.82, 2.24) is 10.0 Å². The summed E-state index contributed by atoms with van der Waals surface area (Å²) in [4.78, 5) is 24.0. The van der Waals surface area contributed by atoms with Crippen LogP contribution in [0.3, 0.4) is 0 Å². The zero-order valence-electron chi connectivity index (χ0n) is 15.9. The van der Waals surface area contributed by atoms with E-state index in [1.807, 2.05) is 27.7 Å². The van der Waals surface area contributed by atoms with E-state index in [1.165, 1.54) is 24.3 Å². The van der Waals surface area contributed by atoms with Crippen LogP contribution in [0.15, 0.2) is 29.2 Å². The zero-order chi connectivity index (χ0) is 20.8. The van der Waals surface area contributed by atoms with Crippen LogP contribution in [0.1, 0.15) is 40.5 Å². The molecule has 0 saturated heterocycles. The highest BCUT2D eigenvalue weighted by Gasteiger charge is 2.30. The van der Waals surface area contributed by atoms with E-state index in [4.69, 9.17) is 11.6 Å². The number of carbonyl (C=O) groups excluding carboxylic acids is 1. The molecule has 0 aliphatic rings. The van der Waals surface area contributed by atoms with E-state index in [2.05, 4.69) is 10.0 Å². The number of amides is 1. The zero-order valence-corrected chi connectivity index (χ0v) is 17.5. The van der Waals surface area contributed by atoms with Gasteiger partial charge in [-0.2, -0.15) is 4.72 Å². The molecule has 1 aromatic rings. The fourth-order valence-corrected chi connectivity index (χ4v) is 3.85. The van der Waals surface area contributed by atoms with Gasteiger partial charge in [0, 0.05) is 5.02 Å². The quantitative estimate of drug-likeness (QED) is 0.540. The molecule has 0 radical (unpaired) electrons. The molecule has 27 heavy (non-hydrogen) atoms. The normalized spacial score (nSPS) is 14.2. The Morgan fingerprint density at radius 3 is 1.93 bits per heavy atom. The minimum atomic E-state index is -3.96. The van der Waals surface area contributed by atoms with Crippen LogP contribution < -0.4 is 10.0 Å². The number of carboxylic acid groups (broad SMARTS) is 1. The van der Waals surface area contributed by atoms with Gasteiger partial charge in [-0.25, -0.2) is 13.2 Å². The van der Waals surface area contributed by atoms with E-state index < -0.39 is 34.0 Å². The van der Waals surface area contributed by atoms with Crippen molar-refractivity contribution in [3.8, 4) is 0 Å². The van der Waals surface area contributed by atoms with Gasteiger partial charge in [0.1, 0.15) is 12.1 Å². The van der Waals surface area contributed by atoms with Crippen molar-refractivity contribution in [1.29, 1.82) is 0 Å².